The summed E-state index contributed by atoms with van der Waals surface area (Å²) in [6, 6.07) is 0. The fourth-order valence-electron chi connectivity index (χ4n) is 11.6. The van der Waals surface area contributed by atoms with E-state index in [0.29, 0.717) is 25.7 Å². The molecule has 0 saturated carbocycles. The van der Waals surface area contributed by atoms with E-state index >= 15 is 0 Å². The second kappa shape index (κ2) is 68.9. The molecule has 0 aliphatic rings. The molecule has 0 rings (SSSR count). The number of phosphoric ester groups is 2. The number of aliphatic hydroxyl groups excluding tert-OH is 1. The van der Waals surface area contributed by atoms with Crippen LogP contribution in [0.5, 0.6) is 0 Å². The molecule has 578 valence electrons. The van der Waals surface area contributed by atoms with Crippen LogP contribution in [0.4, 0.5) is 0 Å². The van der Waals surface area contributed by atoms with Gasteiger partial charge in [-0.25, -0.2) is 9.13 Å². The van der Waals surface area contributed by atoms with Gasteiger partial charge in [-0.3, -0.25) is 37.3 Å². The molecule has 0 aromatic rings. The Morgan fingerprint density at radius 2 is 0.602 bits per heavy atom. The minimum absolute atomic E-state index is 0.0849. The van der Waals surface area contributed by atoms with Gasteiger partial charge < -0.3 is 33.8 Å². The van der Waals surface area contributed by atoms with E-state index in [1.165, 1.54) is 173 Å². The van der Waals surface area contributed by atoms with E-state index in [1.807, 2.05) is 0 Å². The highest BCUT2D eigenvalue weighted by Gasteiger charge is 2.30. The highest BCUT2D eigenvalue weighted by molar-refractivity contribution is 7.47. The van der Waals surface area contributed by atoms with Crippen molar-refractivity contribution < 1.29 is 80.2 Å². The van der Waals surface area contributed by atoms with Gasteiger partial charge in [0.2, 0.25) is 0 Å². The van der Waals surface area contributed by atoms with Crippen LogP contribution in [0.25, 0.3) is 0 Å². The Morgan fingerprint density at radius 1 is 0.337 bits per heavy atom. The van der Waals surface area contributed by atoms with Crippen LogP contribution in [0, 0.1) is 17.8 Å². The predicted octanol–water partition coefficient (Wildman–Crippen LogP) is 22.9. The zero-order chi connectivity index (χ0) is 72.3. The van der Waals surface area contributed by atoms with Crippen molar-refractivity contribution in [1.82, 2.24) is 0 Å². The van der Waals surface area contributed by atoms with Crippen molar-refractivity contribution >= 4 is 39.5 Å². The third-order valence-electron chi connectivity index (χ3n) is 18.1. The summed E-state index contributed by atoms with van der Waals surface area (Å²) in [4.78, 5) is 72.9. The van der Waals surface area contributed by atoms with Crippen LogP contribution in [0.3, 0.4) is 0 Å². The maximum Gasteiger partial charge on any atom is 0.472 e. The number of rotatable bonds is 75. The largest absolute Gasteiger partial charge is 0.472 e. The monoisotopic (exact) mass is 1430 g/mol. The number of phosphoric acid groups is 2. The fraction of sp³-hybridized carbons (Fsp3) is 0.899. The van der Waals surface area contributed by atoms with Crippen LogP contribution in [0.1, 0.15) is 382 Å². The van der Waals surface area contributed by atoms with Crippen molar-refractivity contribution in [3.05, 3.63) is 24.3 Å². The molecule has 0 aromatic heterocycles. The number of carbonyl (C=O) groups is 4. The molecule has 0 radical (unpaired) electrons. The first-order chi connectivity index (χ1) is 47.3. The zero-order valence-corrected chi connectivity index (χ0v) is 65.5. The molecule has 3 unspecified atom stereocenters. The van der Waals surface area contributed by atoms with Gasteiger partial charge in [0.1, 0.15) is 19.3 Å². The molecule has 6 atom stereocenters. The molecular formula is C79H150O17P2. The van der Waals surface area contributed by atoms with Crippen molar-refractivity contribution in [1.29, 1.82) is 0 Å². The molecule has 0 amide bonds. The van der Waals surface area contributed by atoms with Gasteiger partial charge >= 0.3 is 39.5 Å². The van der Waals surface area contributed by atoms with Crippen molar-refractivity contribution in [2.45, 2.75) is 401 Å². The molecule has 0 fully saturated rings. The number of allylic oxidation sites excluding steroid dienone is 4. The normalized spacial score (nSPS) is 14.4. The van der Waals surface area contributed by atoms with Gasteiger partial charge in [-0.05, 0) is 69.1 Å². The molecule has 0 aliphatic heterocycles. The van der Waals surface area contributed by atoms with E-state index < -0.39 is 97.5 Å². The maximum atomic E-state index is 13.1. The number of hydrogen-bond donors (Lipinski definition) is 3. The van der Waals surface area contributed by atoms with Crippen molar-refractivity contribution in [2.24, 2.45) is 17.8 Å². The number of ether oxygens (including phenoxy) is 4. The molecule has 0 aliphatic carbocycles. The highest BCUT2D eigenvalue weighted by atomic mass is 31.2. The average Bonchev–Trinajstić information content (AvgIpc) is 1.31. The molecule has 0 heterocycles. The summed E-state index contributed by atoms with van der Waals surface area (Å²) in [5.41, 5.74) is 0. The number of carbonyl (C=O) groups excluding carboxylic acids is 4. The number of aliphatic hydroxyl groups is 1. The van der Waals surface area contributed by atoms with Gasteiger partial charge in [-0.2, -0.15) is 0 Å². The smallest absolute Gasteiger partial charge is 0.462 e. The molecule has 98 heavy (non-hydrogen) atoms. The van der Waals surface area contributed by atoms with Crippen LogP contribution in [-0.4, -0.2) is 96.7 Å². The van der Waals surface area contributed by atoms with Crippen LogP contribution in [0.2, 0.25) is 0 Å². The SMILES string of the molecule is CCCCCC/C=C\C=C/CCCCCCCC(=O)O[C@H](COC(=O)CCCCCCCCCCCCCCCC(C)C)COP(=O)(O)OC[C@@H](O)COP(=O)(O)OC[C@@H](COC(=O)CCCCCCCCC(C)CC)OC(=O)CCCCCCCCCCCCCCCCC(C)C. The summed E-state index contributed by atoms with van der Waals surface area (Å²) >= 11 is 0. The molecule has 0 spiro atoms. The number of esters is 4. The van der Waals surface area contributed by atoms with Crippen LogP contribution >= 0.6 is 15.6 Å². The lowest BCUT2D eigenvalue weighted by Gasteiger charge is -2.21. The third kappa shape index (κ3) is 70.6. The molecule has 17 nitrogen and oxygen atoms in total. The molecular weight excluding hydrogens is 1280 g/mol. The second-order valence-corrected chi connectivity index (χ2v) is 31.9. The van der Waals surface area contributed by atoms with Crippen molar-refractivity contribution in [3.63, 3.8) is 0 Å². The third-order valence-corrected chi connectivity index (χ3v) is 20.0. The maximum absolute atomic E-state index is 13.1. The van der Waals surface area contributed by atoms with E-state index in [1.54, 1.807) is 0 Å². The van der Waals surface area contributed by atoms with Crippen molar-refractivity contribution in [2.75, 3.05) is 39.6 Å². The minimum atomic E-state index is -4.97. The van der Waals surface area contributed by atoms with Gasteiger partial charge in [0.15, 0.2) is 12.2 Å². The topological polar surface area (TPSA) is 237 Å². The summed E-state index contributed by atoms with van der Waals surface area (Å²) < 4.78 is 68.6. The number of hydrogen-bond acceptors (Lipinski definition) is 15. The fourth-order valence-corrected chi connectivity index (χ4v) is 13.1. The first-order valence-corrected chi connectivity index (χ1v) is 43.2. The molecule has 0 saturated heterocycles. The van der Waals surface area contributed by atoms with Crippen molar-refractivity contribution in [3.8, 4) is 0 Å². The Kier molecular flexibility index (Phi) is 67.2. The summed E-state index contributed by atoms with van der Waals surface area (Å²) in [6.07, 6.45) is 59.0. The lowest BCUT2D eigenvalue weighted by molar-refractivity contribution is -0.161. The van der Waals surface area contributed by atoms with Crippen LogP contribution in [0.15, 0.2) is 24.3 Å². The minimum Gasteiger partial charge on any atom is -0.462 e. The Hall–Kier alpha value is -2.46. The Labute approximate surface area is 599 Å². The van der Waals surface area contributed by atoms with Gasteiger partial charge in [-0.1, -0.05) is 330 Å². The predicted molar refractivity (Wildman–Crippen MR) is 400 cm³/mol. The van der Waals surface area contributed by atoms with Crippen LogP contribution < -0.4 is 0 Å². The average molecular weight is 1430 g/mol. The first-order valence-electron chi connectivity index (χ1n) is 40.2. The van der Waals surface area contributed by atoms with Gasteiger partial charge in [-0.15, -0.1) is 0 Å². The van der Waals surface area contributed by atoms with E-state index in [2.05, 4.69) is 72.8 Å². The Bertz CT molecular complexity index is 2000. The molecule has 19 heteroatoms. The Morgan fingerprint density at radius 3 is 0.908 bits per heavy atom. The van der Waals surface area contributed by atoms with E-state index in [0.717, 1.165) is 127 Å². The van der Waals surface area contributed by atoms with Gasteiger partial charge in [0.05, 0.1) is 26.4 Å². The van der Waals surface area contributed by atoms with Crippen LogP contribution in [-0.2, 0) is 65.4 Å². The second-order valence-electron chi connectivity index (χ2n) is 29.0. The van der Waals surface area contributed by atoms with Gasteiger partial charge in [0, 0.05) is 25.7 Å². The lowest BCUT2D eigenvalue weighted by Crippen LogP contribution is -2.30. The van der Waals surface area contributed by atoms with E-state index in [9.17, 15) is 43.2 Å². The van der Waals surface area contributed by atoms with E-state index in [-0.39, 0.29) is 25.7 Å². The standard InChI is InChI=1S/C79H150O17P2/c1-8-10-11-12-13-14-15-16-17-23-29-34-39-48-55-62-78(83)95-74(66-89-76(81)60-53-46-38-33-28-25-20-22-27-32-37-44-51-58-71(5)6)68-93-97(85,86)91-64-73(80)65-92-98(87,88)94-69-75(67-90-77(82)61-54-47-42-41-45-52-59-72(7)9-2)96-79(84)63-56-49-40-35-30-24-19-18-21-26-31-36-43-50-57-70(3)4/h14-17,70-75,80H,8-13,18-69H2,1-7H3,(H,85,86)(H,87,88)/b15-14-,17-16-/t72?,73-,74-,75-/m1/s1. The highest BCUT2D eigenvalue weighted by Crippen LogP contribution is 2.45. The summed E-state index contributed by atoms with van der Waals surface area (Å²) in [7, 11) is -9.93. The summed E-state index contributed by atoms with van der Waals surface area (Å²) in [6.45, 7) is 11.9. The molecule has 0 aromatic carbocycles. The lowest BCUT2D eigenvalue weighted by atomic mass is 10.00. The summed E-state index contributed by atoms with van der Waals surface area (Å²) in [5, 5.41) is 10.6. The quantitative estimate of drug-likeness (QED) is 0.0169. The molecule has 3 N–H and O–H groups in total. The number of unbranched alkanes of at least 4 members (excludes halogenated alkanes) is 39. The zero-order valence-electron chi connectivity index (χ0n) is 63.7. The molecule has 0 bridgehead atoms. The summed E-state index contributed by atoms with van der Waals surface area (Å²) in [5.74, 6) is 0.167. The Balaban J connectivity index is 5.28. The first kappa shape index (κ1) is 95.5. The van der Waals surface area contributed by atoms with E-state index in [4.69, 9.17) is 37.0 Å². The van der Waals surface area contributed by atoms with Gasteiger partial charge in [0.25, 0.3) is 0 Å².